The predicted molar refractivity (Wildman–Crippen MR) is 108 cm³/mol. The Morgan fingerprint density at radius 1 is 1.07 bits per heavy atom. The highest BCUT2D eigenvalue weighted by atomic mass is 16.5. The summed E-state index contributed by atoms with van der Waals surface area (Å²) in [5, 5.41) is 14.2. The number of carboxylic acid groups (broad SMARTS) is 1. The molecule has 0 aromatic heterocycles. The van der Waals surface area contributed by atoms with Gasteiger partial charge in [-0.15, -0.1) is 0 Å². The van der Waals surface area contributed by atoms with Crippen LogP contribution in [0.25, 0.3) is 21.2 Å². The lowest BCUT2D eigenvalue weighted by molar-refractivity contribution is -0.137. The van der Waals surface area contributed by atoms with Gasteiger partial charge >= 0.3 is 5.97 Å². The summed E-state index contributed by atoms with van der Waals surface area (Å²) in [4.78, 5) is 13.2. The number of unbranched alkanes of at least 4 members (excludes halogenated alkanes) is 2. The number of fused-ring (bicyclic) bond motifs is 1. The highest BCUT2D eigenvalue weighted by Gasteiger charge is 2.04. The molecule has 0 saturated heterocycles. The van der Waals surface area contributed by atoms with E-state index in [1.54, 1.807) is 0 Å². The van der Waals surface area contributed by atoms with Crippen LogP contribution in [0.3, 0.4) is 0 Å². The van der Waals surface area contributed by atoms with Crippen LogP contribution in [0.4, 0.5) is 0 Å². The molecule has 0 spiro atoms. The minimum Gasteiger partial charge on any atom is -0.494 e. The smallest absolute Gasteiger partial charge is 0.303 e. The molecule has 150 valence electrons. The largest absolute Gasteiger partial charge is 0.494 e. The second-order valence-corrected chi connectivity index (χ2v) is 6.53. The molecule has 0 aliphatic rings. The van der Waals surface area contributed by atoms with Crippen molar-refractivity contribution in [2.75, 3.05) is 19.8 Å². The number of carbonyl (C=O) groups is 1. The van der Waals surface area contributed by atoms with Crippen LogP contribution in [0.2, 0.25) is 0 Å². The van der Waals surface area contributed by atoms with Gasteiger partial charge in [0.1, 0.15) is 11.5 Å². The number of hydrogen-bond acceptors (Lipinski definition) is 5. The molecule has 2 aromatic carbocycles. The summed E-state index contributed by atoms with van der Waals surface area (Å²) in [5.41, 5.74) is 14.1. The van der Waals surface area contributed by atoms with Gasteiger partial charge in [0.25, 0.3) is 0 Å². The number of hydrogen-bond donors (Lipinski definition) is 2. The lowest BCUT2D eigenvalue weighted by atomic mass is 10.1. The van der Waals surface area contributed by atoms with Gasteiger partial charge in [-0.2, -0.15) is 0 Å². The highest BCUT2D eigenvalue weighted by Crippen LogP contribution is 2.25. The molecule has 0 saturated carbocycles. The number of carboxylic acids is 1. The van der Waals surface area contributed by atoms with Crippen LogP contribution >= 0.6 is 0 Å². The molecule has 0 unspecified atom stereocenters. The van der Waals surface area contributed by atoms with Crippen LogP contribution in [0, 0.1) is 0 Å². The Balaban J connectivity index is 1.83. The van der Waals surface area contributed by atoms with E-state index in [9.17, 15) is 4.79 Å². The van der Waals surface area contributed by atoms with Gasteiger partial charge in [-0.3, -0.25) is 4.79 Å². The Hall–Kier alpha value is -2.96. The number of ether oxygens (including phenoxy) is 2. The van der Waals surface area contributed by atoms with Crippen molar-refractivity contribution in [1.82, 2.24) is 0 Å². The van der Waals surface area contributed by atoms with E-state index in [0.717, 1.165) is 35.1 Å². The number of aliphatic carboxylic acids is 1. The van der Waals surface area contributed by atoms with E-state index in [-0.39, 0.29) is 19.0 Å². The quantitative estimate of drug-likeness (QED) is 0.230. The lowest BCUT2D eigenvalue weighted by Gasteiger charge is -2.11. The summed E-state index contributed by atoms with van der Waals surface area (Å²) >= 11 is 0. The number of nitrogens with zero attached hydrogens (tertiary/aromatic N) is 3. The van der Waals surface area contributed by atoms with Crippen molar-refractivity contribution in [3.63, 3.8) is 0 Å². The van der Waals surface area contributed by atoms with E-state index in [0.29, 0.717) is 26.1 Å². The van der Waals surface area contributed by atoms with Gasteiger partial charge in [0.2, 0.25) is 0 Å². The van der Waals surface area contributed by atoms with Gasteiger partial charge in [-0.05, 0) is 66.3 Å². The molecule has 0 heterocycles. The van der Waals surface area contributed by atoms with Crippen LogP contribution in [-0.2, 0) is 4.79 Å². The topological polar surface area (TPSA) is 131 Å². The fraction of sp³-hybridized carbons (Fsp3) is 0.450. The maximum absolute atomic E-state index is 10.5. The molecule has 0 radical (unpaired) electrons. The zero-order chi connectivity index (χ0) is 20.2. The summed E-state index contributed by atoms with van der Waals surface area (Å²) in [6.45, 7) is 1.26. The first-order chi connectivity index (χ1) is 13.6. The van der Waals surface area contributed by atoms with Crippen molar-refractivity contribution in [2.45, 2.75) is 38.1 Å². The number of azide groups is 1. The Morgan fingerprint density at radius 3 is 2.39 bits per heavy atom. The lowest BCUT2D eigenvalue weighted by Crippen LogP contribution is -2.25. The SMILES string of the molecule is [N-]=[N+]=NC[C@H](N)CCOc1ccc2ccc(OCCCCCC(=O)O)cc2c1. The first-order valence-electron chi connectivity index (χ1n) is 9.36. The standard InChI is InChI=1S/C20H26N4O4/c21-17(14-23-24-22)9-11-28-19-8-6-15-5-7-18(12-16(15)13-19)27-10-3-1-2-4-20(25)26/h5-8,12-13,17H,1-4,9-11,14,21H2,(H,25,26)/t17-/m1/s1. The molecule has 8 heteroatoms. The third-order valence-electron chi connectivity index (χ3n) is 4.22. The molecule has 2 aromatic rings. The Kier molecular flexibility index (Phi) is 8.91. The highest BCUT2D eigenvalue weighted by molar-refractivity contribution is 5.85. The van der Waals surface area contributed by atoms with E-state index in [1.807, 2.05) is 36.4 Å². The van der Waals surface area contributed by atoms with Crippen LogP contribution in [0.15, 0.2) is 41.5 Å². The number of nitrogens with two attached hydrogens (primary N) is 1. The second-order valence-electron chi connectivity index (χ2n) is 6.53. The molecule has 0 fully saturated rings. The minimum atomic E-state index is -0.758. The summed E-state index contributed by atoms with van der Waals surface area (Å²) in [7, 11) is 0. The molecule has 0 aliphatic carbocycles. The molecular formula is C20H26N4O4. The first kappa shape index (κ1) is 21.3. The van der Waals surface area contributed by atoms with Crippen molar-refractivity contribution in [1.29, 1.82) is 0 Å². The molecular weight excluding hydrogens is 360 g/mol. The summed E-state index contributed by atoms with van der Waals surface area (Å²) in [6, 6.07) is 11.5. The van der Waals surface area contributed by atoms with Crippen molar-refractivity contribution < 1.29 is 19.4 Å². The number of benzene rings is 2. The number of rotatable bonds is 13. The van der Waals surface area contributed by atoms with E-state index < -0.39 is 5.97 Å². The fourth-order valence-electron chi connectivity index (χ4n) is 2.69. The molecule has 8 nitrogen and oxygen atoms in total. The Labute approximate surface area is 163 Å². The Bertz CT molecular complexity index is 821. The fourth-order valence-corrected chi connectivity index (χ4v) is 2.69. The average Bonchev–Trinajstić information content (AvgIpc) is 2.68. The van der Waals surface area contributed by atoms with Crippen molar-refractivity contribution >= 4 is 16.7 Å². The van der Waals surface area contributed by atoms with E-state index in [2.05, 4.69) is 10.0 Å². The van der Waals surface area contributed by atoms with Gasteiger partial charge in [-0.25, -0.2) is 0 Å². The molecule has 28 heavy (non-hydrogen) atoms. The maximum Gasteiger partial charge on any atom is 0.303 e. The molecule has 2 rings (SSSR count). The molecule has 1 atom stereocenters. The maximum atomic E-state index is 10.5. The molecule has 0 bridgehead atoms. The second kappa shape index (κ2) is 11.7. The van der Waals surface area contributed by atoms with E-state index in [1.165, 1.54) is 0 Å². The zero-order valence-corrected chi connectivity index (χ0v) is 15.8. The summed E-state index contributed by atoms with van der Waals surface area (Å²) in [5.74, 6) is 0.764. The van der Waals surface area contributed by atoms with E-state index in [4.69, 9.17) is 25.8 Å². The van der Waals surface area contributed by atoms with Gasteiger partial charge in [-0.1, -0.05) is 17.2 Å². The molecule has 3 N–H and O–H groups in total. The van der Waals surface area contributed by atoms with E-state index >= 15 is 0 Å². The van der Waals surface area contributed by atoms with Crippen LogP contribution in [0.1, 0.15) is 32.1 Å². The van der Waals surface area contributed by atoms with Crippen LogP contribution in [0.5, 0.6) is 11.5 Å². The van der Waals surface area contributed by atoms with Gasteiger partial charge in [0, 0.05) is 23.9 Å². The van der Waals surface area contributed by atoms with Gasteiger partial charge < -0.3 is 20.3 Å². The minimum absolute atomic E-state index is 0.204. The first-order valence-corrected chi connectivity index (χ1v) is 9.36. The average molecular weight is 386 g/mol. The van der Waals surface area contributed by atoms with Crippen molar-refractivity contribution in [3.8, 4) is 11.5 Å². The zero-order valence-electron chi connectivity index (χ0n) is 15.8. The van der Waals surface area contributed by atoms with Crippen molar-refractivity contribution in [3.05, 3.63) is 46.8 Å². The normalized spacial score (nSPS) is 11.6. The summed E-state index contributed by atoms with van der Waals surface area (Å²) in [6.07, 6.45) is 3.13. The molecule has 0 amide bonds. The third-order valence-corrected chi connectivity index (χ3v) is 4.22. The van der Waals surface area contributed by atoms with Crippen LogP contribution < -0.4 is 15.2 Å². The monoisotopic (exact) mass is 386 g/mol. The predicted octanol–water partition coefficient (Wildman–Crippen LogP) is 4.27. The van der Waals surface area contributed by atoms with Gasteiger partial charge in [0.15, 0.2) is 0 Å². The van der Waals surface area contributed by atoms with Gasteiger partial charge in [0.05, 0.1) is 13.2 Å². The molecule has 0 aliphatic heterocycles. The summed E-state index contributed by atoms with van der Waals surface area (Å²) < 4.78 is 11.5. The van der Waals surface area contributed by atoms with Crippen molar-refractivity contribution in [2.24, 2.45) is 10.8 Å². The third kappa shape index (κ3) is 7.73. The Morgan fingerprint density at radius 2 is 1.75 bits per heavy atom. The van der Waals surface area contributed by atoms with Crippen LogP contribution in [-0.4, -0.2) is 36.9 Å².